The third-order valence-electron chi connectivity index (χ3n) is 12.3. The lowest BCUT2D eigenvalue weighted by molar-refractivity contribution is 0.0677. The van der Waals surface area contributed by atoms with E-state index in [1.165, 1.54) is 17.7 Å². The van der Waals surface area contributed by atoms with Crippen LogP contribution in [-0.4, -0.2) is 88.7 Å². The molecule has 2 atom stereocenters. The molecule has 286 valence electrons. The molecule has 0 radical (unpaired) electrons. The van der Waals surface area contributed by atoms with Gasteiger partial charge in [0.15, 0.2) is 0 Å². The summed E-state index contributed by atoms with van der Waals surface area (Å²) < 4.78 is 48.0. The van der Waals surface area contributed by atoms with E-state index in [4.69, 9.17) is 0 Å². The lowest BCUT2D eigenvalue weighted by Gasteiger charge is -2.44. The van der Waals surface area contributed by atoms with Crippen molar-refractivity contribution in [3.8, 4) is 0 Å². The second kappa shape index (κ2) is 14.9. The molecule has 3 aliphatic heterocycles. The second-order valence-corrected chi connectivity index (χ2v) is 16.8. The number of nitrogens with zero attached hydrogens (tertiary/aromatic N) is 5. The Morgan fingerprint density at radius 2 is 1.65 bits per heavy atom. The molecule has 2 fully saturated rings. The van der Waals surface area contributed by atoms with Gasteiger partial charge in [-0.15, -0.1) is 0 Å². The zero-order chi connectivity index (χ0) is 37.7. The van der Waals surface area contributed by atoms with Gasteiger partial charge in [-0.25, -0.2) is 13.2 Å². The molecule has 5 heterocycles. The van der Waals surface area contributed by atoms with Crippen LogP contribution in [0.2, 0.25) is 0 Å². The van der Waals surface area contributed by atoms with Gasteiger partial charge in [0.05, 0.1) is 17.1 Å². The maximum Gasteiger partial charge on any atom is 0.251 e. The summed E-state index contributed by atoms with van der Waals surface area (Å²) in [6.07, 6.45) is 5.91. The first-order valence-corrected chi connectivity index (χ1v) is 19.9. The van der Waals surface area contributed by atoms with Crippen LogP contribution in [-0.2, 0) is 19.4 Å². The fraction of sp³-hybridized carbons (Fsp3) is 0.500. The van der Waals surface area contributed by atoms with Gasteiger partial charge < -0.3 is 14.8 Å². The highest BCUT2D eigenvalue weighted by molar-refractivity contribution is 5.79. The summed E-state index contributed by atoms with van der Waals surface area (Å²) in [6, 6.07) is 14.5. The summed E-state index contributed by atoms with van der Waals surface area (Å²) in [6.45, 7) is 14.5. The topological polar surface area (TPSA) is 58.7 Å². The van der Waals surface area contributed by atoms with E-state index in [0.29, 0.717) is 24.4 Å². The molecule has 4 aliphatic rings. The molecule has 10 heteroatoms. The molecule has 0 amide bonds. The minimum Gasteiger partial charge on any atom is -0.371 e. The lowest BCUT2D eigenvalue weighted by atomic mass is 9.84. The van der Waals surface area contributed by atoms with Crippen LogP contribution in [0.5, 0.6) is 0 Å². The Bertz CT molecular complexity index is 2080. The number of aryl methyl sites for hydroxylation is 1. The van der Waals surface area contributed by atoms with Crippen molar-refractivity contribution in [2.45, 2.75) is 84.1 Å². The number of rotatable bonds is 9. The number of aromatic nitrogens is 2. The van der Waals surface area contributed by atoms with E-state index in [2.05, 4.69) is 42.9 Å². The van der Waals surface area contributed by atoms with Crippen molar-refractivity contribution in [2.24, 2.45) is 5.92 Å². The van der Waals surface area contributed by atoms with Crippen LogP contribution < -0.4 is 10.5 Å². The number of alkyl halides is 1. The Morgan fingerprint density at radius 1 is 0.944 bits per heavy atom. The van der Waals surface area contributed by atoms with Crippen molar-refractivity contribution in [2.75, 3.05) is 57.3 Å². The average molecular weight is 739 g/mol. The van der Waals surface area contributed by atoms with Gasteiger partial charge in [0.1, 0.15) is 17.3 Å². The number of hydrogen-bond donors (Lipinski definition) is 1. The average Bonchev–Trinajstić information content (AvgIpc) is 3.50. The molecule has 2 aromatic carbocycles. The third-order valence-corrected chi connectivity index (χ3v) is 12.3. The first kappa shape index (κ1) is 37.0. The van der Waals surface area contributed by atoms with Crippen molar-refractivity contribution >= 4 is 22.3 Å². The molecule has 0 bridgehead atoms. The van der Waals surface area contributed by atoms with Crippen LogP contribution >= 0.6 is 0 Å². The van der Waals surface area contributed by atoms with E-state index < -0.39 is 23.3 Å². The fourth-order valence-corrected chi connectivity index (χ4v) is 9.50. The third kappa shape index (κ3) is 7.49. The zero-order valence-electron chi connectivity index (χ0n) is 32.1. The van der Waals surface area contributed by atoms with Crippen molar-refractivity contribution < 1.29 is 13.2 Å². The summed E-state index contributed by atoms with van der Waals surface area (Å²) in [5, 5.41) is 0. The first-order chi connectivity index (χ1) is 25.9. The van der Waals surface area contributed by atoms with Crippen LogP contribution in [0.25, 0.3) is 16.6 Å². The number of piperazine rings is 1. The van der Waals surface area contributed by atoms with Gasteiger partial charge in [-0.05, 0) is 111 Å². The van der Waals surface area contributed by atoms with E-state index in [9.17, 15) is 4.79 Å². The number of aromatic amines is 1. The molecule has 1 aliphatic carbocycles. The van der Waals surface area contributed by atoms with Crippen LogP contribution in [0.1, 0.15) is 80.8 Å². The molecule has 0 spiro atoms. The number of H-pyrrole nitrogens is 1. The van der Waals surface area contributed by atoms with Crippen LogP contribution in [0.15, 0.2) is 65.1 Å². The smallest absolute Gasteiger partial charge is 0.251 e. The van der Waals surface area contributed by atoms with Gasteiger partial charge in [0, 0.05) is 88.0 Å². The molecule has 8 rings (SSSR count). The van der Waals surface area contributed by atoms with E-state index in [1.54, 1.807) is 13.8 Å². The number of pyridine rings is 2. The van der Waals surface area contributed by atoms with Gasteiger partial charge in [0.2, 0.25) is 0 Å². The van der Waals surface area contributed by atoms with Crippen molar-refractivity contribution in [3.63, 3.8) is 0 Å². The predicted octanol–water partition coefficient (Wildman–Crippen LogP) is 7.69. The van der Waals surface area contributed by atoms with Crippen LogP contribution in [0.3, 0.4) is 0 Å². The Labute approximate surface area is 316 Å². The fourth-order valence-electron chi connectivity index (χ4n) is 9.50. The highest BCUT2D eigenvalue weighted by Gasteiger charge is 2.43. The van der Waals surface area contributed by atoms with Gasteiger partial charge in [0.25, 0.3) is 5.56 Å². The summed E-state index contributed by atoms with van der Waals surface area (Å²) in [7, 11) is 0. The number of fused-ring (bicyclic) bond motifs is 3. The largest absolute Gasteiger partial charge is 0.371 e. The molecule has 0 unspecified atom stereocenters. The molecule has 2 saturated heterocycles. The number of benzene rings is 2. The minimum atomic E-state index is -1.51. The Hall–Kier alpha value is -3.99. The molecule has 4 aromatic rings. The lowest BCUT2D eigenvalue weighted by Crippen LogP contribution is -2.48. The number of piperidine rings is 1. The number of hydrogen-bond acceptors (Lipinski definition) is 6. The van der Waals surface area contributed by atoms with Crippen molar-refractivity contribution in [1.29, 1.82) is 0 Å². The highest BCUT2D eigenvalue weighted by atomic mass is 19.1. The monoisotopic (exact) mass is 738 g/mol. The quantitative estimate of drug-likeness (QED) is 0.190. The second-order valence-electron chi connectivity index (χ2n) is 16.8. The number of halogens is 3. The summed E-state index contributed by atoms with van der Waals surface area (Å²) in [4.78, 5) is 29.0. The SMILES string of the molecule is CCc1cc2ncc(CN3CCN(CC4CCN(c5cc(F)c([C@@H]6C7=C(C[C@@H](C)N6CC(C)(C)F)c6ccccc6C7)c(F)c5)CC4)CC3)cc2[nH]c1=O. The molecular formula is C44H53F3N6O. The molecule has 2 aromatic heterocycles. The molecule has 7 nitrogen and oxygen atoms in total. The number of anilines is 1. The van der Waals surface area contributed by atoms with Crippen molar-refractivity contribution in [3.05, 3.63) is 110 Å². The zero-order valence-corrected chi connectivity index (χ0v) is 32.1. The standard InChI is InChI=1S/C44H53F3N6O/c1-5-31-21-39-40(49-43(31)54)19-30(24-48-39)26-51-16-14-50(15-17-51)25-29-10-12-52(13-11-29)33-22-37(45)41(38(46)23-33)42-36-20-32-8-6-7-9-34(32)35(36)18-28(2)53(42)27-44(3,4)47/h6-9,19,21-24,28-29,42H,5,10-18,20,25-27H2,1-4H3,(H,49,54)/t28-,42+/m1/s1. The van der Waals surface area contributed by atoms with E-state index in [0.717, 1.165) is 110 Å². The van der Waals surface area contributed by atoms with Gasteiger partial charge in [-0.1, -0.05) is 31.2 Å². The first-order valence-electron chi connectivity index (χ1n) is 19.9. The molecule has 54 heavy (non-hydrogen) atoms. The van der Waals surface area contributed by atoms with Crippen LogP contribution in [0, 0.1) is 17.6 Å². The Balaban J connectivity index is 0.891. The van der Waals surface area contributed by atoms with Gasteiger partial charge >= 0.3 is 0 Å². The molecule has 1 N–H and O–H groups in total. The molecule has 0 saturated carbocycles. The Morgan fingerprint density at radius 3 is 2.35 bits per heavy atom. The van der Waals surface area contributed by atoms with E-state index in [-0.39, 0.29) is 23.7 Å². The predicted molar refractivity (Wildman–Crippen MR) is 211 cm³/mol. The van der Waals surface area contributed by atoms with E-state index >= 15 is 13.2 Å². The van der Waals surface area contributed by atoms with Gasteiger partial charge in [-0.2, -0.15) is 0 Å². The van der Waals surface area contributed by atoms with Gasteiger partial charge in [-0.3, -0.25) is 19.6 Å². The summed E-state index contributed by atoms with van der Waals surface area (Å²) >= 11 is 0. The van der Waals surface area contributed by atoms with E-state index in [1.807, 2.05) is 43.1 Å². The van der Waals surface area contributed by atoms with Crippen molar-refractivity contribution in [1.82, 2.24) is 24.7 Å². The Kier molecular flexibility index (Phi) is 10.2. The maximum absolute atomic E-state index is 16.4. The maximum atomic E-state index is 16.4. The number of nitrogens with one attached hydrogen (secondary N) is 1. The highest BCUT2D eigenvalue weighted by Crippen LogP contribution is 2.50. The summed E-state index contributed by atoms with van der Waals surface area (Å²) in [5.74, 6) is -0.564. The van der Waals surface area contributed by atoms with Crippen LogP contribution in [0.4, 0.5) is 18.9 Å². The summed E-state index contributed by atoms with van der Waals surface area (Å²) in [5.41, 5.74) is 7.04. The normalized spacial score (nSPS) is 21.9. The minimum absolute atomic E-state index is 0.0379. The molecular weight excluding hydrogens is 686 g/mol.